The number of hydrogen-bond donors (Lipinski definition) is 1. The molecule has 110 valence electrons. The summed E-state index contributed by atoms with van der Waals surface area (Å²) in [4.78, 5) is 10.6. The summed E-state index contributed by atoms with van der Waals surface area (Å²) in [6.07, 6.45) is 4.69. The van der Waals surface area contributed by atoms with Crippen molar-refractivity contribution in [2.75, 3.05) is 12.4 Å². The van der Waals surface area contributed by atoms with Gasteiger partial charge in [0.25, 0.3) is 0 Å². The monoisotopic (exact) mass is 294 g/mol. The van der Waals surface area contributed by atoms with Crippen LogP contribution in [0.2, 0.25) is 0 Å². The topological polar surface area (TPSA) is 46.5 Å². The Balaban J connectivity index is 2.05. The van der Waals surface area contributed by atoms with Crippen LogP contribution in [0.3, 0.4) is 0 Å². The van der Waals surface area contributed by atoms with E-state index < -0.39 is 5.97 Å². The van der Waals surface area contributed by atoms with Gasteiger partial charge in [0.2, 0.25) is 0 Å². The molecule has 0 saturated carbocycles. The van der Waals surface area contributed by atoms with Gasteiger partial charge in [-0.2, -0.15) is 11.8 Å². The van der Waals surface area contributed by atoms with E-state index in [9.17, 15) is 4.79 Å². The van der Waals surface area contributed by atoms with Crippen LogP contribution in [-0.2, 0) is 11.2 Å². The molecule has 0 bridgehead atoms. The Morgan fingerprint density at radius 2 is 2.35 bits per heavy atom. The number of aryl methyl sites for hydroxylation is 1. The quantitative estimate of drug-likeness (QED) is 0.823. The first-order valence-electron chi connectivity index (χ1n) is 7.29. The third-order valence-corrected chi connectivity index (χ3v) is 4.82. The van der Waals surface area contributed by atoms with Gasteiger partial charge in [-0.25, -0.2) is 0 Å². The summed E-state index contributed by atoms with van der Waals surface area (Å²) in [5.41, 5.74) is 2.74. The van der Waals surface area contributed by atoms with Gasteiger partial charge in [-0.3, -0.25) is 4.79 Å². The van der Waals surface area contributed by atoms with E-state index in [1.165, 1.54) is 17.5 Å². The highest BCUT2D eigenvalue weighted by Crippen LogP contribution is 2.41. The normalized spacial score (nSPS) is 17.6. The number of thioether (sulfide) groups is 1. The van der Waals surface area contributed by atoms with Gasteiger partial charge in [0.05, 0.1) is 13.0 Å². The molecule has 1 N–H and O–H groups in total. The van der Waals surface area contributed by atoms with E-state index in [2.05, 4.69) is 25.1 Å². The standard InChI is InChI=1S/C16H22O3S/c1-2-9-19-13-7-6-12-4-3-5-15(14(12)11-13)20-10-8-16(17)18/h6-7,11,15H,2-5,8-10H2,1H3,(H,17,18). The maximum atomic E-state index is 10.6. The number of rotatable bonds is 7. The number of ether oxygens (including phenoxy) is 1. The first kappa shape index (κ1) is 15.2. The van der Waals surface area contributed by atoms with Gasteiger partial charge < -0.3 is 9.84 Å². The molecule has 0 fully saturated rings. The number of carboxylic acids is 1. The summed E-state index contributed by atoms with van der Waals surface area (Å²) >= 11 is 1.76. The summed E-state index contributed by atoms with van der Waals surface area (Å²) in [7, 11) is 0. The predicted molar refractivity (Wildman–Crippen MR) is 82.6 cm³/mol. The van der Waals surface area contributed by atoms with Crippen LogP contribution in [0.1, 0.15) is 49.0 Å². The molecular formula is C16H22O3S. The summed E-state index contributed by atoms with van der Waals surface area (Å²) in [6, 6.07) is 6.38. The zero-order valence-electron chi connectivity index (χ0n) is 11.9. The number of carboxylic acid groups (broad SMARTS) is 1. The summed E-state index contributed by atoms with van der Waals surface area (Å²) in [5, 5.41) is 9.17. The van der Waals surface area contributed by atoms with Crippen molar-refractivity contribution < 1.29 is 14.6 Å². The van der Waals surface area contributed by atoms with Crippen molar-refractivity contribution in [1.29, 1.82) is 0 Å². The highest BCUT2D eigenvalue weighted by atomic mass is 32.2. The molecule has 1 aliphatic rings. The third kappa shape index (κ3) is 4.17. The maximum absolute atomic E-state index is 10.6. The largest absolute Gasteiger partial charge is 0.494 e. The Hall–Kier alpha value is -1.16. The van der Waals surface area contributed by atoms with Crippen molar-refractivity contribution in [1.82, 2.24) is 0 Å². The summed E-state index contributed by atoms with van der Waals surface area (Å²) in [6.45, 7) is 2.85. The first-order chi connectivity index (χ1) is 9.70. The second-order valence-electron chi connectivity index (χ2n) is 5.10. The van der Waals surface area contributed by atoms with Gasteiger partial charge in [-0.1, -0.05) is 13.0 Å². The van der Waals surface area contributed by atoms with E-state index in [4.69, 9.17) is 9.84 Å². The summed E-state index contributed by atoms with van der Waals surface area (Å²) < 4.78 is 5.71. The lowest BCUT2D eigenvalue weighted by Crippen LogP contribution is -2.09. The minimum Gasteiger partial charge on any atom is -0.494 e. The Labute approximate surface area is 124 Å². The predicted octanol–water partition coefficient (Wildman–Crippen LogP) is 4.06. The average molecular weight is 294 g/mol. The van der Waals surface area contributed by atoms with E-state index in [0.717, 1.165) is 31.6 Å². The molecule has 0 amide bonds. The van der Waals surface area contributed by atoms with Crippen molar-refractivity contribution in [2.45, 2.75) is 44.3 Å². The van der Waals surface area contributed by atoms with Crippen molar-refractivity contribution in [3.63, 3.8) is 0 Å². The van der Waals surface area contributed by atoms with Crippen LogP contribution in [0.15, 0.2) is 18.2 Å². The lowest BCUT2D eigenvalue weighted by Gasteiger charge is -2.25. The van der Waals surface area contributed by atoms with Crippen molar-refractivity contribution in [3.8, 4) is 5.75 Å². The van der Waals surface area contributed by atoms with Gasteiger partial charge in [-0.15, -0.1) is 0 Å². The van der Waals surface area contributed by atoms with Gasteiger partial charge in [-0.05, 0) is 48.9 Å². The maximum Gasteiger partial charge on any atom is 0.304 e. The zero-order valence-corrected chi connectivity index (χ0v) is 12.7. The molecule has 1 aliphatic carbocycles. The van der Waals surface area contributed by atoms with Gasteiger partial charge in [0, 0.05) is 11.0 Å². The Bertz CT molecular complexity index is 459. The number of fused-ring (bicyclic) bond motifs is 1. The van der Waals surface area contributed by atoms with Crippen LogP contribution in [-0.4, -0.2) is 23.4 Å². The van der Waals surface area contributed by atoms with Crippen molar-refractivity contribution >= 4 is 17.7 Å². The molecule has 1 aromatic carbocycles. The SMILES string of the molecule is CCCOc1ccc2c(c1)C(SCCC(=O)O)CCC2. The van der Waals surface area contributed by atoms with E-state index in [1.54, 1.807) is 11.8 Å². The molecule has 1 unspecified atom stereocenters. The minimum absolute atomic E-state index is 0.239. The number of carbonyl (C=O) groups is 1. The second kappa shape index (κ2) is 7.58. The van der Waals surface area contributed by atoms with E-state index >= 15 is 0 Å². The lowest BCUT2D eigenvalue weighted by atomic mass is 9.91. The molecular weight excluding hydrogens is 272 g/mol. The summed E-state index contributed by atoms with van der Waals surface area (Å²) in [5.74, 6) is 0.907. The van der Waals surface area contributed by atoms with Crippen LogP contribution < -0.4 is 4.74 Å². The number of benzene rings is 1. The minimum atomic E-state index is -0.714. The van der Waals surface area contributed by atoms with Crippen LogP contribution in [0, 0.1) is 0 Å². The van der Waals surface area contributed by atoms with Crippen molar-refractivity contribution in [2.24, 2.45) is 0 Å². The van der Waals surface area contributed by atoms with Gasteiger partial charge in [0.1, 0.15) is 5.75 Å². The Morgan fingerprint density at radius 3 is 3.10 bits per heavy atom. The highest BCUT2D eigenvalue weighted by Gasteiger charge is 2.21. The lowest BCUT2D eigenvalue weighted by molar-refractivity contribution is -0.136. The Morgan fingerprint density at radius 1 is 1.50 bits per heavy atom. The molecule has 1 atom stereocenters. The van der Waals surface area contributed by atoms with Crippen LogP contribution in [0.5, 0.6) is 5.75 Å². The Kier molecular flexibility index (Phi) is 5.77. The third-order valence-electron chi connectivity index (χ3n) is 3.48. The molecule has 0 aromatic heterocycles. The fourth-order valence-corrected chi connectivity index (χ4v) is 3.81. The molecule has 0 radical (unpaired) electrons. The number of aliphatic carboxylic acids is 1. The molecule has 20 heavy (non-hydrogen) atoms. The molecule has 4 heteroatoms. The fourth-order valence-electron chi connectivity index (χ4n) is 2.51. The molecule has 2 rings (SSSR count). The highest BCUT2D eigenvalue weighted by molar-refractivity contribution is 7.99. The van der Waals surface area contributed by atoms with Crippen LogP contribution in [0.25, 0.3) is 0 Å². The van der Waals surface area contributed by atoms with E-state index in [-0.39, 0.29) is 6.42 Å². The first-order valence-corrected chi connectivity index (χ1v) is 8.34. The fraction of sp³-hybridized carbons (Fsp3) is 0.562. The number of hydrogen-bond acceptors (Lipinski definition) is 3. The molecule has 0 aliphatic heterocycles. The zero-order chi connectivity index (χ0) is 14.4. The van der Waals surface area contributed by atoms with Crippen LogP contribution in [0.4, 0.5) is 0 Å². The van der Waals surface area contributed by atoms with Crippen molar-refractivity contribution in [3.05, 3.63) is 29.3 Å². The molecule has 0 heterocycles. The van der Waals surface area contributed by atoms with Gasteiger partial charge in [0.15, 0.2) is 0 Å². The molecule has 0 saturated heterocycles. The smallest absolute Gasteiger partial charge is 0.304 e. The molecule has 0 spiro atoms. The van der Waals surface area contributed by atoms with E-state index in [0.29, 0.717) is 11.0 Å². The second-order valence-corrected chi connectivity index (χ2v) is 6.42. The van der Waals surface area contributed by atoms with E-state index in [1.807, 2.05) is 0 Å². The average Bonchev–Trinajstić information content (AvgIpc) is 2.45. The molecule has 3 nitrogen and oxygen atoms in total. The van der Waals surface area contributed by atoms with Crippen LogP contribution >= 0.6 is 11.8 Å². The van der Waals surface area contributed by atoms with Gasteiger partial charge >= 0.3 is 5.97 Å². The molecule has 1 aromatic rings.